The Hall–Kier alpha value is -3.92. The fourth-order valence-corrected chi connectivity index (χ4v) is 5.15. The molecule has 0 N–H and O–H groups in total. The van der Waals surface area contributed by atoms with E-state index in [2.05, 4.69) is 105 Å². The van der Waals surface area contributed by atoms with Gasteiger partial charge in [0.05, 0.1) is 12.1 Å². The van der Waals surface area contributed by atoms with Gasteiger partial charge in [-0.25, -0.2) is 9.40 Å². The maximum Gasteiger partial charge on any atom is 0.273 e. The highest BCUT2D eigenvalue weighted by molar-refractivity contribution is 5.58. The Kier molecular flexibility index (Phi) is 4.91. The lowest BCUT2D eigenvalue weighted by Gasteiger charge is -2.28. The first-order valence-corrected chi connectivity index (χ1v) is 11.4. The highest BCUT2D eigenvalue weighted by atomic mass is 19.1. The van der Waals surface area contributed by atoms with Crippen LogP contribution < -0.4 is 9.41 Å². The van der Waals surface area contributed by atoms with Crippen molar-refractivity contribution in [2.24, 2.45) is 0 Å². The predicted octanol–water partition coefficient (Wildman–Crippen LogP) is 6.25. The van der Waals surface area contributed by atoms with Crippen molar-refractivity contribution >= 4 is 5.52 Å². The van der Waals surface area contributed by atoms with Crippen molar-refractivity contribution in [3.8, 4) is 11.3 Å². The maximum absolute atomic E-state index is 13.5. The molecular weight excluding hydrogens is 409 g/mol. The number of aromatic nitrogens is 2. The lowest BCUT2D eigenvalue weighted by Crippen LogP contribution is -2.36. The van der Waals surface area contributed by atoms with Gasteiger partial charge in [0.1, 0.15) is 11.5 Å². The molecule has 0 amide bonds. The van der Waals surface area contributed by atoms with Gasteiger partial charge in [0.2, 0.25) is 0 Å². The van der Waals surface area contributed by atoms with Crippen LogP contribution in [0, 0.1) is 5.82 Å². The van der Waals surface area contributed by atoms with Gasteiger partial charge >= 0.3 is 0 Å². The summed E-state index contributed by atoms with van der Waals surface area (Å²) < 4.78 is 18.0. The monoisotopic (exact) mass is 434 g/mol. The molecule has 162 valence electrons. The van der Waals surface area contributed by atoms with E-state index in [-0.39, 0.29) is 17.9 Å². The van der Waals surface area contributed by atoms with Crippen LogP contribution in [0.3, 0.4) is 0 Å². The third-order valence-corrected chi connectivity index (χ3v) is 6.68. The minimum Gasteiger partial charge on any atom is -0.229 e. The molecule has 0 aliphatic carbocycles. The molecule has 0 bridgehead atoms. The first-order valence-electron chi connectivity index (χ1n) is 11.4. The summed E-state index contributed by atoms with van der Waals surface area (Å²) in [7, 11) is 0. The van der Waals surface area contributed by atoms with Gasteiger partial charge in [0.25, 0.3) is 6.33 Å². The predicted molar refractivity (Wildman–Crippen MR) is 129 cm³/mol. The fraction of sp³-hybridized carbons (Fsp3) is 0.138. The van der Waals surface area contributed by atoms with E-state index in [1.807, 2.05) is 12.1 Å². The van der Waals surface area contributed by atoms with Crippen molar-refractivity contribution in [1.29, 1.82) is 0 Å². The van der Waals surface area contributed by atoms with Crippen LogP contribution in [0.2, 0.25) is 0 Å². The Morgan fingerprint density at radius 2 is 1.27 bits per heavy atom. The smallest absolute Gasteiger partial charge is 0.229 e. The normalized spacial score (nSPS) is 18.2. The molecule has 1 aliphatic rings. The number of benzene rings is 3. The quantitative estimate of drug-likeness (QED) is 0.305. The topological polar surface area (TPSA) is 12.3 Å². The highest BCUT2D eigenvalue weighted by Crippen LogP contribution is 2.42. The Bertz CT molecular complexity index is 1330. The molecule has 3 aromatic carbocycles. The summed E-state index contributed by atoms with van der Waals surface area (Å²) in [6.07, 6.45) is 6.54. The third kappa shape index (κ3) is 3.58. The Balaban J connectivity index is 1.49. The summed E-state index contributed by atoms with van der Waals surface area (Å²) >= 11 is 0. The van der Waals surface area contributed by atoms with Crippen LogP contribution >= 0.6 is 0 Å². The van der Waals surface area contributed by atoms with Crippen LogP contribution in [0.25, 0.3) is 16.8 Å². The molecule has 1 saturated heterocycles. The standard InChI is InChI=1S/C29H25FN3/c30-25-16-14-24(15-17-25)27-13-7-12-26-20-31(21-32(26)27)33-28(22-8-3-1-4-9-22)18-19-29(33)23-10-5-2-6-11-23/h1-17,20-21,28-29H,18-19H2/q+1/t28-,29-/m0/s1. The zero-order valence-electron chi connectivity index (χ0n) is 18.3. The van der Waals surface area contributed by atoms with E-state index in [1.165, 1.54) is 23.3 Å². The van der Waals surface area contributed by atoms with Crippen LogP contribution in [0.4, 0.5) is 4.39 Å². The molecular formula is C29H25FN3+. The van der Waals surface area contributed by atoms with Crippen LogP contribution in [-0.2, 0) is 0 Å². The second-order valence-corrected chi connectivity index (χ2v) is 8.65. The van der Waals surface area contributed by atoms with E-state index in [1.54, 1.807) is 0 Å². The molecule has 5 aromatic rings. The van der Waals surface area contributed by atoms with Crippen molar-refractivity contribution in [2.45, 2.75) is 24.9 Å². The van der Waals surface area contributed by atoms with Crippen LogP contribution in [0.5, 0.6) is 0 Å². The van der Waals surface area contributed by atoms with Gasteiger partial charge in [-0.15, -0.1) is 4.68 Å². The van der Waals surface area contributed by atoms with Crippen LogP contribution in [0.15, 0.2) is 116 Å². The fourth-order valence-electron chi connectivity index (χ4n) is 5.15. The van der Waals surface area contributed by atoms with Crippen molar-refractivity contribution in [2.75, 3.05) is 5.01 Å². The van der Waals surface area contributed by atoms with Crippen LogP contribution in [0.1, 0.15) is 36.1 Å². The molecule has 2 aromatic heterocycles. The lowest BCUT2D eigenvalue weighted by atomic mass is 10.0. The van der Waals surface area contributed by atoms with Gasteiger partial charge in [-0.05, 0) is 60.4 Å². The Morgan fingerprint density at radius 3 is 1.88 bits per heavy atom. The molecule has 2 atom stereocenters. The van der Waals surface area contributed by atoms with E-state index in [9.17, 15) is 4.39 Å². The van der Waals surface area contributed by atoms with Gasteiger partial charge in [-0.2, -0.15) is 4.40 Å². The zero-order chi connectivity index (χ0) is 22.2. The van der Waals surface area contributed by atoms with Gasteiger partial charge in [-0.1, -0.05) is 66.7 Å². The second kappa shape index (κ2) is 8.21. The van der Waals surface area contributed by atoms with E-state index in [0.29, 0.717) is 0 Å². The minimum atomic E-state index is -0.220. The molecule has 0 spiro atoms. The number of rotatable bonds is 4. The molecule has 1 fully saturated rings. The Morgan fingerprint density at radius 1 is 0.667 bits per heavy atom. The number of hydrogen-bond donors (Lipinski definition) is 0. The largest absolute Gasteiger partial charge is 0.273 e. The maximum atomic E-state index is 13.5. The van der Waals surface area contributed by atoms with E-state index < -0.39 is 0 Å². The molecule has 1 aliphatic heterocycles. The van der Waals surface area contributed by atoms with E-state index in [4.69, 9.17) is 0 Å². The highest BCUT2D eigenvalue weighted by Gasteiger charge is 2.39. The number of hydrogen-bond acceptors (Lipinski definition) is 1. The van der Waals surface area contributed by atoms with Gasteiger partial charge in [0.15, 0.2) is 11.7 Å². The number of fused-ring (bicyclic) bond motifs is 1. The molecule has 33 heavy (non-hydrogen) atoms. The molecule has 3 heterocycles. The SMILES string of the molecule is Fc1ccc(-c2cccc3cn(N4[C@H](c5ccccc5)CC[C@H]4c4ccccc4)c[n+]23)cc1. The van der Waals surface area contributed by atoms with E-state index in [0.717, 1.165) is 29.6 Å². The Labute approximate surface area is 192 Å². The van der Waals surface area contributed by atoms with Gasteiger partial charge in [-0.3, -0.25) is 0 Å². The average molecular weight is 435 g/mol. The van der Waals surface area contributed by atoms with E-state index >= 15 is 0 Å². The third-order valence-electron chi connectivity index (χ3n) is 6.68. The average Bonchev–Trinajstić information content (AvgIpc) is 3.50. The van der Waals surface area contributed by atoms with Crippen molar-refractivity contribution in [1.82, 2.24) is 4.68 Å². The number of nitrogens with zero attached hydrogens (tertiary/aromatic N) is 3. The molecule has 4 heteroatoms. The molecule has 3 nitrogen and oxygen atoms in total. The zero-order valence-corrected chi connectivity index (χ0v) is 18.3. The first kappa shape index (κ1) is 19.7. The second-order valence-electron chi connectivity index (χ2n) is 8.65. The molecule has 0 unspecified atom stereocenters. The van der Waals surface area contributed by atoms with Gasteiger partial charge < -0.3 is 0 Å². The summed E-state index contributed by atoms with van der Waals surface area (Å²) in [4.78, 5) is 0. The molecule has 6 rings (SSSR count). The number of imidazole rings is 1. The summed E-state index contributed by atoms with van der Waals surface area (Å²) in [6.45, 7) is 0. The first-order chi connectivity index (χ1) is 16.3. The molecule has 0 radical (unpaired) electrons. The lowest BCUT2D eigenvalue weighted by molar-refractivity contribution is -0.500. The van der Waals surface area contributed by atoms with Crippen molar-refractivity contribution in [3.05, 3.63) is 133 Å². The van der Waals surface area contributed by atoms with Crippen LogP contribution in [-0.4, -0.2) is 4.68 Å². The molecule has 0 saturated carbocycles. The summed E-state index contributed by atoms with van der Waals surface area (Å²) in [6, 6.07) is 35.1. The van der Waals surface area contributed by atoms with Gasteiger partial charge in [0, 0.05) is 5.56 Å². The summed E-state index contributed by atoms with van der Waals surface area (Å²) in [5.41, 5.74) is 5.79. The van der Waals surface area contributed by atoms with Crippen molar-refractivity contribution < 1.29 is 8.79 Å². The summed E-state index contributed by atoms with van der Waals surface area (Å²) in [5, 5.41) is 2.51. The van der Waals surface area contributed by atoms with Crippen molar-refractivity contribution in [3.63, 3.8) is 0 Å². The number of pyridine rings is 1. The minimum absolute atomic E-state index is 0.220. The summed E-state index contributed by atoms with van der Waals surface area (Å²) in [5.74, 6) is -0.220. The number of halogens is 1.